The highest BCUT2D eigenvalue weighted by molar-refractivity contribution is 5.79. The number of aromatic nitrogens is 2. The average molecular weight is 244 g/mol. The molecule has 0 aliphatic rings. The van der Waals surface area contributed by atoms with Crippen molar-refractivity contribution in [2.75, 3.05) is 0 Å². The standard InChI is InChI=1S/C14H10F2N2/c1-8-2-4-11(16)10(6-8)14-17-12-5-3-9(15)7-13(12)18-14/h2-7H,1H3,(H,17,18). The van der Waals surface area contributed by atoms with Crippen molar-refractivity contribution in [2.24, 2.45) is 0 Å². The zero-order valence-electron chi connectivity index (χ0n) is 9.67. The van der Waals surface area contributed by atoms with E-state index in [1.54, 1.807) is 18.2 Å². The number of aromatic amines is 1. The maximum atomic E-state index is 13.7. The molecule has 0 radical (unpaired) electrons. The molecule has 2 aromatic carbocycles. The molecule has 0 unspecified atom stereocenters. The largest absolute Gasteiger partial charge is 0.338 e. The van der Waals surface area contributed by atoms with Gasteiger partial charge in [-0.05, 0) is 37.3 Å². The maximum Gasteiger partial charge on any atom is 0.141 e. The fraction of sp³-hybridized carbons (Fsp3) is 0.0714. The molecule has 0 amide bonds. The second-order valence-electron chi connectivity index (χ2n) is 4.23. The van der Waals surface area contributed by atoms with Gasteiger partial charge in [0, 0.05) is 0 Å². The molecule has 0 saturated heterocycles. The van der Waals surface area contributed by atoms with Crippen molar-refractivity contribution in [3.8, 4) is 11.4 Å². The van der Waals surface area contributed by atoms with Gasteiger partial charge in [-0.3, -0.25) is 0 Å². The minimum atomic E-state index is -0.347. The Morgan fingerprint density at radius 3 is 2.72 bits per heavy atom. The van der Waals surface area contributed by atoms with Crippen LogP contribution in [0.4, 0.5) is 8.78 Å². The summed E-state index contributed by atoms with van der Waals surface area (Å²) in [4.78, 5) is 7.19. The Kier molecular flexibility index (Phi) is 2.37. The molecule has 0 spiro atoms. The maximum absolute atomic E-state index is 13.7. The Labute approximate surface area is 102 Å². The predicted octanol–water partition coefficient (Wildman–Crippen LogP) is 3.82. The molecule has 0 aliphatic carbocycles. The first-order valence-electron chi connectivity index (χ1n) is 5.55. The van der Waals surface area contributed by atoms with Gasteiger partial charge in [0.05, 0.1) is 16.6 Å². The van der Waals surface area contributed by atoms with Crippen LogP contribution in [0.1, 0.15) is 5.56 Å². The fourth-order valence-corrected chi connectivity index (χ4v) is 1.93. The third-order valence-electron chi connectivity index (χ3n) is 2.82. The van der Waals surface area contributed by atoms with Gasteiger partial charge in [0.15, 0.2) is 0 Å². The number of nitrogens with zero attached hydrogens (tertiary/aromatic N) is 1. The Bertz CT molecular complexity index is 732. The normalized spacial score (nSPS) is 11.1. The highest BCUT2D eigenvalue weighted by Crippen LogP contribution is 2.24. The SMILES string of the molecule is Cc1ccc(F)c(-c2nc3ccc(F)cc3[nH]2)c1. The van der Waals surface area contributed by atoms with Crippen LogP contribution in [0.15, 0.2) is 36.4 Å². The number of imidazole rings is 1. The highest BCUT2D eigenvalue weighted by Gasteiger charge is 2.10. The van der Waals surface area contributed by atoms with Crippen LogP contribution in [0.2, 0.25) is 0 Å². The molecule has 1 N–H and O–H groups in total. The zero-order chi connectivity index (χ0) is 12.7. The summed E-state index contributed by atoms with van der Waals surface area (Å²) >= 11 is 0. The third-order valence-corrected chi connectivity index (χ3v) is 2.82. The van der Waals surface area contributed by atoms with E-state index >= 15 is 0 Å². The number of aryl methyl sites for hydroxylation is 1. The van der Waals surface area contributed by atoms with Crippen molar-refractivity contribution in [1.29, 1.82) is 0 Å². The number of hydrogen-bond donors (Lipinski definition) is 1. The summed E-state index contributed by atoms with van der Waals surface area (Å²) < 4.78 is 26.8. The van der Waals surface area contributed by atoms with E-state index < -0.39 is 0 Å². The van der Waals surface area contributed by atoms with Crippen LogP contribution in [0.25, 0.3) is 22.4 Å². The van der Waals surface area contributed by atoms with Gasteiger partial charge in [-0.2, -0.15) is 0 Å². The summed E-state index contributed by atoms with van der Waals surface area (Å²) in [7, 11) is 0. The molecule has 1 heterocycles. The van der Waals surface area contributed by atoms with Gasteiger partial charge in [-0.25, -0.2) is 13.8 Å². The monoisotopic (exact) mass is 244 g/mol. The van der Waals surface area contributed by atoms with E-state index in [4.69, 9.17) is 0 Å². The third kappa shape index (κ3) is 1.76. The molecule has 1 aromatic heterocycles. The lowest BCUT2D eigenvalue weighted by atomic mass is 10.1. The Balaban J connectivity index is 2.22. The van der Waals surface area contributed by atoms with Crippen molar-refractivity contribution in [1.82, 2.24) is 9.97 Å². The number of nitrogens with one attached hydrogen (secondary N) is 1. The van der Waals surface area contributed by atoms with Crippen LogP contribution in [0.3, 0.4) is 0 Å². The van der Waals surface area contributed by atoms with E-state index in [1.807, 2.05) is 6.92 Å². The molecule has 0 fully saturated rings. The van der Waals surface area contributed by atoms with Crippen molar-refractivity contribution >= 4 is 11.0 Å². The Morgan fingerprint density at radius 1 is 1.06 bits per heavy atom. The fourth-order valence-electron chi connectivity index (χ4n) is 1.93. The van der Waals surface area contributed by atoms with Crippen LogP contribution in [0, 0.1) is 18.6 Å². The Morgan fingerprint density at radius 2 is 1.89 bits per heavy atom. The molecule has 0 aliphatic heterocycles. The summed E-state index contributed by atoms with van der Waals surface area (Å²) in [5.74, 6) is -0.278. The van der Waals surface area contributed by atoms with Gasteiger partial charge >= 0.3 is 0 Å². The van der Waals surface area contributed by atoms with E-state index in [9.17, 15) is 8.78 Å². The van der Waals surface area contributed by atoms with E-state index in [2.05, 4.69) is 9.97 Å². The van der Waals surface area contributed by atoms with Crippen LogP contribution >= 0.6 is 0 Å². The van der Waals surface area contributed by atoms with Crippen molar-refractivity contribution in [3.05, 3.63) is 53.6 Å². The second-order valence-corrected chi connectivity index (χ2v) is 4.23. The lowest BCUT2D eigenvalue weighted by Crippen LogP contribution is -1.87. The van der Waals surface area contributed by atoms with E-state index in [1.165, 1.54) is 18.2 Å². The summed E-state index contributed by atoms with van der Waals surface area (Å²) in [5, 5.41) is 0. The smallest absolute Gasteiger partial charge is 0.141 e. The number of hydrogen-bond acceptors (Lipinski definition) is 1. The number of rotatable bonds is 1. The first-order chi connectivity index (χ1) is 8.63. The summed E-state index contributed by atoms with van der Waals surface area (Å²) in [6.07, 6.45) is 0. The van der Waals surface area contributed by atoms with E-state index in [0.29, 0.717) is 22.4 Å². The second kappa shape index (κ2) is 3.91. The lowest BCUT2D eigenvalue weighted by molar-refractivity contribution is 0.629. The van der Waals surface area contributed by atoms with Crippen molar-refractivity contribution < 1.29 is 8.78 Å². The van der Waals surface area contributed by atoms with Gasteiger partial charge in [0.1, 0.15) is 17.5 Å². The zero-order valence-corrected chi connectivity index (χ0v) is 9.67. The van der Waals surface area contributed by atoms with Crippen LogP contribution in [-0.2, 0) is 0 Å². The molecule has 90 valence electrons. The number of benzene rings is 2. The molecule has 3 rings (SSSR count). The predicted molar refractivity (Wildman–Crippen MR) is 66.2 cm³/mol. The quantitative estimate of drug-likeness (QED) is 0.692. The van der Waals surface area contributed by atoms with Crippen molar-refractivity contribution in [3.63, 3.8) is 0 Å². The van der Waals surface area contributed by atoms with E-state index in [-0.39, 0.29) is 11.6 Å². The molecule has 0 atom stereocenters. The van der Waals surface area contributed by atoms with Gasteiger partial charge in [0.2, 0.25) is 0 Å². The van der Waals surface area contributed by atoms with Crippen LogP contribution in [0.5, 0.6) is 0 Å². The minimum absolute atomic E-state index is 0.345. The number of H-pyrrole nitrogens is 1. The summed E-state index contributed by atoms with van der Waals surface area (Å²) in [6, 6.07) is 9.06. The van der Waals surface area contributed by atoms with Gasteiger partial charge in [0.25, 0.3) is 0 Å². The number of fused-ring (bicyclic) bond motifs is 1. The number of halogens is 2. The Hall–Kier alpha value is -2.23. The molecule has 0 saturated carbocycles. The highest BCUT2D eigenvalue weighted by atomic mass is 19.1. The van der Waals surface area contributed by atoms with Gasteiger partial charge in [-0.1, -0.05) is 11.6 Å². The van der Waals surface area contributed by atoms with E-state index in [0.717, 1.165) is 5.56 Å². The van der Waals surface area contributed by atoms with Gasteiger partial charge < -0.3 is 4.98 Å². The molecule has 4 heteroatoms. The molecule has 3 aromatic rings. The first-order valence-corrected chi connectivity index (χ1v) is 5.55. The topological polar surface area (TPSA) is 28.7 Å². The lowest BCUT2D eigenvalue weighted by Gasteiger charge is -2.00. The molecule has 0 bridgehead atoms. The molecular weight excluding hydrogens is 234 g/mol. The first kappa shape index (κ1) is 10.9. The summed E-state index contributed by atoms with van der Waals surface area (Å²) in [5.41, 5.74) is 2.52. The molecule has 2 nitrogen and oxygen atoms in total. The minimum Gasteiger partial charge on any atom is -0.338 e. The van der Waals surface area contributed by atoms with Crippen LogP contribution < -0.4 is 0 Å². The van der Waals surface area contributed by atoms with Crippen molar-refractivity contribution in [2.45, 2.75) is 6.92 Å². The molecular formula is C14H10F2N2. The summed E-state index contributed by atoms with van der Waals surface area (Å²) in [6.45, 7) is 1.88. The molecule has 18 heavy (non-hydrogen) atoms. The van der Waals surface area contributed by atoms with Gasteiger partial charge in [-0.15, -0.1) is 0 Å². The average Bonchev–Trinajstić information content (AvgIpc) is 2.74. The van der Waals surface area contributed by atoms with Crippen LogP contribution in [-0.4, -0.2) is 9.97 Å².